The largest absolute Gasteiger partial charge is 0.497 e. The highest BCUT2D eigenvalue weighted by molar-refractivity contribution is 7.99. The van der Waals surface area contributed by atoms with E-state index in [2.05, 4.69) is 15.5 Å². The van der Waals surface area contributed by atoms with E-state index in [1.54, 1.807) is 28.8 Å². The van der Waals surface area contributed by atoms with Gasteiger partial charge in [-0.05, 0) is 48.2 Å². The van der Waals surface area contributed by atoms with E-state index in [0.717, 1.165) is 23.9 Å². The van der Waals surface area contributed by atoms with E-state index in [4.69, 9.17) is 4.74 Å². The van der Waals surface area contributed by atoms with Gasteiger partial charge in [-0.3, -0.25) is 19.5 Å². The summed E-state index contributed by atoms with van der Waals surface area (Å²) in [5.41, 5.74) is -1.28. The van der Waals surface area contributed by atoms with Crippen molar-refractivity contribution in [2.75, 3.05) is 7.11 Å². The number of ether oxygens (including phenoxy) is 1. The molecule has 0 radical (unpaired) electrons. The third-order valence-electron chi connectivity index (χ3n) is 4.21. The number of nitro groups is 1. The SMILES string of the molecule is COc1ccc(-n2c(CNC(C)=O)nnc2Sc2ccc(C(F)(F)F)cc2[N+](=O)[O-])cc1. The monoisotopic (exact) mass is 467 g/mol. The van der Waals surface area contributed by atoms with Gasteiger partial charge in [0.1, 0.15) is 5.75 Å². The fourth-order valence-electron chi connectivity index (χ4n) is 2.70. The first-order chi connectivity index (χ1) is 15.1. The quantitative estimate of drug-likeness (QED) is 0.413. The van der Waals surface area contributed by atoms with Gasteiger partial charge >= 0.3 is 6.18 Å². The van der Waals surface area contributed by atoms with Gasteiger partial charge < -0.3 is 10.1 Å². The number of rotatable bonds is 7. The molecule has 0 spiro atoms. The van der Waals surface area contributed by atoms with Gasteiger partial charge in [-0.1, -0.05) is 0 Å². The van der Waals surface area contributed by atoms with Crippen molar-refractivity contribution in [3.8, 4) is 11.4 Å². The molecule has 1 amide bonds. The summed E-state index contributed by atoms with van der Waals surface area (Å²) in [7, 11) is 1.50. The van der Waals surface area contributed by atoms with E-state index in [0.29, 0.717) is 23.3 Å². The molecule has 0 aliphatic carbocycles. The minimum absolute atomic E-state index is 0.0179. The Morgan fingerprint density at radius 3 is 2.47 bits per heavy atom. The van der Waals surface area contributed by atoms with Crippen LogP contribution in [-0.2, 0) is 17.5 Å². The van der Waals surface area contributed by atoms with Crippen LogP contribution in [0.4, 0.5) is 18.9 Å². The third kappa shape index (κ3) is 5.17. The summed E-state index contributed by atoms with van der Waals surface area (Å²) in [6.45, 7) is 1.35. The molecule has 0 atom stereocenters. The average molecular weight is 467 g/mol. The first kappa shape index (κ1) is 23.1. The highest BCUT2D eigenvalue weighted by Gasteiger charge is 2.33. The van der Waals surface area contributed by atoms with Gasteiger partial charge in [-0.2, -0.15) is 13.2 Å². The lowest BCUT2D eigenvalue weighted by molar-refractivity contribution is -0.388. The van der Waals surface area contributed by atoms with E-state index in [1.165, 1.54) is 14.0 Å². The Morgan fingerprint density at radius 1 is 1.22 bits per heavy atom. The lowest BCUT2D eigenvalue weighted by Crippen LogP contribution is -2.21. The van der Waals surface area contributed by atoms with Gasteiger partial charge in [0.15, 0.2) is 5.82 Å². The van der Waals surface area contributed by atoms with Crippen molar-refractivity contribution in [2.45, 2.75) is 29.7 Å². The van der Waals surface area contributed by atoms with Gasteiger partial charge in [-0.15, -0.1) is 10.2 Å². The molecule has 168 valence electrons. The molecule has 0 aliphatic heterocycles. The molecular formula is C19H16F3N5O4S. The molecule has 1 heterocycles. The second-order valence-corrected chi connectivity index (χ2v) is 7.39. The number of halogens is 3. The maximum Gasteiger partial charge on any atom is 0.416 e. The third-order valence-corrected chi connectivity index (χ3v) is 5.22. The Labute approximate surface area is 183 Å². The highest BCUT2D eigenvalue weighted by atomic mass is 32.2. The summed E-state index contributed by atoms with van der Waals surface area (Å²) < 4.78 is 45.6. The first-order valence-electron chi connectivity index (χ1n) is 8.96. The van der Waals surface area contributed by atoms with Crippen molar-refractivity contribution < 1.29 is 27.6 Å². The van der Waals surface area contributed by atoms with Crippen LogP contribution in [0.15, 0.2) is 52.5 Å². The summed E-state index contributed by atoms with van der Waals surface area (Å²) in [6.07, 6.45) is -4.72. The fourth-order valence-corrected chi connectivity index (χ4v) is 3.65. The molecule has 3 aromatic rings. The lowest BCUT2D eigenvalue weighted by Gasteiger charge is -2.12. The molecule has 3 rings (SSSR count). The standard InChI is InChI=1S/C19H16F3N5O4S/c1-11(28)23-10-17-24-25-18(26(17)13-4-6-14(31-2)7-5-13)32-16-8-3-12(19(20,21)22)9-15(16)27(29)30/h3-9H,10H2,1-2H3,(H,23,28). The van der Waals surface area contributed by atoms with Crippen LogP contribution in [0.2, 0.25) is 0 Å². The molecule has 0 bridgehead atoms. The fraction of sp³-hybridized carbons (Fsp3) is 0.211. The van der Waals surface area contributed by atoms with Gasteiger partial charge in [0.25, 0.3) is 5.69 Å². The van der Waals surface area contributed by atoms with Crippen molar-refractivity contribution in [1.82, 2.24) is 20.1 Å². The molecule has 1 N–H and O–H groups in total. The molecule has 0 fully saturated rings. The van der Waals surface area contributed by atoms with Gasteiger partial charge in [0.2, 0.25) is 11.1 Å². The van der Waals surface area contributed by atoms with Crippen molar-refractivity contribution in [2.24, 2.45) is 0 Å². The van der Waals surface area contributed by atoms with Gasteiger partial charge in [0.05, 0.1) is 29.0 Å². The number of hydrogen-bond acceptors (Lipinski definition) is 7. The second-order valence-electron chi connectivity index (χ2n) is 6.38. The van der Waals surface area contributed by atoms with E-state index in [-0.39, 0.29) is 22.5 Å². The molecule has 0 aliphatic rings. The predicted molar refractivity (Wildman–Crippen MR) is 108 cm³/mol. The molecule has 9 nitrogen and oxygen atoms in total. The molecule has 0 unspecified atom stereocenters. The summed E-state index contributed by atoms with van der Waals surface area (Å²) in [4.78, 5) is 21.8. The smallest absolute Gasteiger partial charge is 0.416 e. The molecule has 1 aromatic heterocycles. The number of carbonyl (C=O) groups is 1. The van der Waals surface area contributed by atoms with Crippen LogP contribution in [0.25, 0.3) is 5.69 Å². The maximum absolute atomic E-state index is 13.0. The van der Waals surface area contributed by atoms with Crippen LogP contribution in [0.3, 0.4) is 0 Å². The van der Waals surface area contributed by atoms with E-state index < -0.39 is 22.4 Å². The number of alkyl halides is 3. The Kier molecular flexibility index (Phi) is 6.67. The van der Waals surface area contributed by atoms with Crippen LogP contribution in [0.5, 0.6) is 5.75 Å². The number of aromatic nitrogens is 3. The van der Waals surface area contributed by atoms with Gasteiger partial charge in [0, 0.05) is 18.7 Å². The number of nitrogens with one attached hydrogen (secondary N) is 1. The molecule has 0 saturated carbocycles. The number of carbonyl (C=O) groups excluding carboxylic acids is 1. The van der Waals surface area contributed by atoms with Crippen molar-refractivity contribution in [3.63, 3.8) is 0 Å². The highest BCUT2D eigenvalue weighted by Crippen LogP contribution is 2.39. The maximum atomic E-state index is 13.0. The van der Waals surface area contributed by atoms with Gasteiger partial charge in [-0.25, -0.2) is 0 Å². The van der Waals surface area contributed by atoms with E-state index >= 15 is 0 Å². The molecular weight excluding hydrogens is 451 g/mol. The van der Waals surface area contributed by atoms with Crippen molar-refractivity contribution in [3.05, 3.63) is 64.0 Å². The Morgan fingerprint density at radius 2 is 1.91 bits per heavy atom. The number of nitrogens with zero attached hydrogens (tertiary/aromatic N) is 4. The normalized spacial score (nSPS) is 11.3. The van der Waals surface area contributed by atoms with Crippen LogP contribution < -0.4 is 10.1 Å². The van der Waals surface area contributed by atoms with Crippen LogP contribution >= 0.6 is 11.8 Å². The minimum atomic E-state index is -4.72. The average Bonchev–Trinajstić information content (AvgIpc) is 3.14. The second kappa shape index (κ2) is 9.26. The Bertz CT molecular complexity index is 1150. The summed E-state index contributed by atoms with van der Waals surface area (Å²) in [5.74, 6) is 0.599. The van der Waals surface area contributed by atoms with E-state index in [1.807, 2.05) is 0 Å². The zero-order valence-electron chi connectivity index (χ0n) is 16.7. The summed E-state index contributed by atoms with van der Waals surface area (Å²) in [5, 5.41) is 22.2. The number of amides is 1. The summed E-state index contributed by atoms with van der Waals surface area (Å²) in [6, 6.07) is 8.98. The van der Waals surface area contributed by atoms with Crippen LogP contribution in [0, 0.1) is 10.1 Å². The first-order valence-corrected chi connectivity index (χ1v) is 9.78. The Balaban J connectivity index is 2.06. The number of methoxy groups -OCH3 is 1. The molecule has 2 aromatic carbocycles. The summed E-state index contributed by atoms with van der Waals surface area (Å²) >= 11 is 0.785. The number of nitro benzene ring substituents is 1. The number of hydrogen-bond donors (Lipinski definition) is 1. The lowest BCUT2D eigenvalue weighted by atomic mass is 10.2. The zero-order valence-corrected chi connectivity index (χ0v) is 17.5. The minimum Gasteiger partial charge on any atom is -0.497 e. The van der Waals surface area contributed by atoms with Crippen molar-refractivity contribution >= 4 is 23.4 Å². The predicted octanol–water partition coefficient (Wildman–Crippen LogP) is 3.99. The molecule has 32 heavy (non-hydrogen) atoms. The number of benzene rings is 2. The van der Waals surface area contributed by atoms with Crippen molar-refractivity contribution in [1.29, 1.82) is 0 Å². The van der Waals surface area contributed by atoms with Crippen LogP contribution in [-0.4, -0.2) is 32.7 Å². The zero-order chi connectivity index (χ0) is 23.5. The van der Waals surface area contributed by atoms with Crippen LogP contribution in [0.1, 0.15) is 18.3 Å². The van der Waals surface area contributed by atoms with E-state index in [9.17, 15) is 28.1 Å². The topological polar surface area (TPSA) is 112 Å². The molecule has 13 heteroatoms. The Hall–Kier alpha value is -3.61. The molecule has 0 saturated heterocycles.